The van der Waals surface area contributed by atoms with Crippen LogP contribution in [-0.2, 0) is 10.0 Å². The van der Waals surface area contributed by atoms with E-state index in [1.807, 2.05) is 0 Å². The fraction of sp³-hybridized carbons (Fsp3) is 0. The van der Waals surface area contributed by atoms with Gasteiger partial charge in [0.05, 0.1) is 15.9 Å². The Hall–Kier alpha value is -2.00. The van der Waals surface area contributed by atoms with E-state index in [0.29, 0.717) is 10.5 Å². The summed E-state index contributed by atoms with van der Waals surface area (Å²) in [7, 11) is -4.00. The van der Waals surface area contributed by atoms with Crippen molar-refractivity contribution >= 4 is 37.3 Å². The molecule has 0 aromatic heterocycles. The van der Waals surface area contributed by atoms with Gasteiger partial charge in [0.15, 0.2) is 0 Å². The summed E-state index contributed by atoms with van der Waals surface area (Å²) in [6, 6.07) is 8.31. The Morgan fingerprint density at radius 3 is 2.33 bits per heavy atom. The molecule has 2 rings (SSSR count). The Bertz CT molecular complexity index is 793. The van der Waals surface area contributed by atoms with Crippen LogP contribution in [0.1, 0.15) is 0 Å². The molecule has 21 heavy (non-hydrogen) atoms. The number of nitrogens with zero attached hydrogens (tertiary/aromatic N) is 1. The van der Waals surface area contributed by atoms with E-state index < -0.39 is 26.5 Å². The van der Waals surface area contributed by atoms with E-state index in [9.17, 15) is 22.9 Å². The molecule has 0 unspecified atom stereocenters. The number of nitro groups is 1. The van der Waals surface area contributed by atoms with E-state index in [1.165, 1.54) is 24.3 Å². The first-order valence-corrected chi connectivity index (χ1v) is 7.79. The lowest BCUT2D eigenvalue weighted by molar-refractivity contribution is -0.384. The van der Waals surface area contributed by atoms with Crippen molar-refractivity contribution in [3.8, 4) is 0 Å². The van der Waals surface area contributed by atoms with E-state index in [1.54, 1.807) is 0 Å². The molecule has 2 aromatic carbocycles. The van der Waals surface area contributed by atoms with Crippen molar-refractivity contribution in [2.45, 2.75) is 4.90 Å². The quantitative estimate of drug-likeness (QED) is 0.656. The smallest absolute Gasteiger partial charge is 0.273 e. The minimum absolute atomic E-state index is 0.0654. The fourth-order valence-corrected chi connectivity index (χ4v) is 2.90. The maximum absolute atomic E-state index is 13.0. The second-order valence-electron chi connectivity index (χ2n) is 3.98. The first-order valence-electron chi connectivity index (χ1n) is 5.52. The minimum atomic E-state index is -4.00. The van der Waals surface area contributed by atoms with Gasteiger partial charge in [0.2, 0.25) is 0 Å². The third-order valence-electron chi connectivity index (χ3n) is 2.52. The lowest BCUT2D eigenvalue weighted by Gasteiger charge is -2.08. The molecular formula is C12H8BrFN2O4S. The number of halogens is 2. The van der Waals surface area contributed by atoms with Crippen LogP contribution in [0, 0.1) is 15.9 Å². The second-order valence-corrected chi connectivity index (χ2v) is 6.58. The first-order chi connectivity index (χ1) is 9.79. The first kappa shape index (κ1) is 15.4. The van der Waals surface area contributed by atoms with Crippen molar-refractivity contribution in [2.75, 3.05) is 4.72 Å². The van der Waals surface area contributed by atoms with Crippen molar-refractivity contribution < 1.29 is 17.7 Å². The standard InChI is InChI=1S/C12H8BrFN2O4S/c13-8-1-4-10(5-2-8)21(19,20)15-11-6-3-9(14)7-12(11)16(17)18/h1-7,15H. The summed E-state index contributed by atoms with van der Waals surface area (Å²) >= 11 is 3.17. The Morgan fingerprint density at radius 1 is 1.14 bits per heavy atom. The summed E-state index contributed by atoms with van der Waals surface area (Å²) in [6.07, 6.45) is 0. The summed E-state index contributed by atoms with van der Waals surface area (Å²) in [5.41, 5.74) is -0.958. The molecular weight excluding hydrogens is 367 g/mol. The van der Waals surface area contributed by atoms with Crippen molar-refractivity contribution in [1.82, 2.24) is 0 Å². The number of anilines is 1. The lowest BCUT2D eigenvalue weighted by Crippen LogP contribution is -2.14. The molecule has 0 saturated carbocycles. The monoisotopic (exact) mass is 374 g/mol. The van der Waals surface area contributed by atoms with Crippen LogP contribution in [0.2, 0.25) is 0 Å². The van der Waals surface area contributed by atoms with Gasteiger partial charge in [-0.2, -0.15) is 0 Å². The number of nitro benzene ring substituents is 1. The molecule has 0 aliphatic rings. The van der Waals surface area contributed by atoms with Gasteiger partial charge in [-0.15, -0.1) is 0 Å². The molecule has 0 aliphatic carbocycles. The maximum atomic E-state index is 13.0. The largest absolute Gasteiger partial charge is 0.296 e. The van der Waals surface area contributed by atoms with Gasteiger partial charge in [-0.1, -0.05) is 15.9 Å². The van der Waals surface area contributed by atoms with Gasteiger partial charge in [-0.3, -0.25) is 14.8 Å². The number of nitrogens with one attached hydrogen (secondary N) is 1. The summed E-state index contributed by atoms with van der Waals surface area (Å²) in [6.45, 7) is 0. The Morgan fingerprint density at radius 2 is 1.76 bits per heavy atom. The Labute approximate surface area is 127 Å². The Kier molecular flexibility index (Phi) is 4.24. The predicted octanol–water partition coefficient (Wildman–Crippen LogP) is 3.30. The highest BCUT2D eigenvalue weighted by atomic mass is 79.9. The zero-order valence-electron chi connectivity index (χ0n) is 10.3. The van der Waals surface area contributed by atoms with Crippen LogP contribution in [0.25, 0.3) is 0 Å². The lowest BCUT2D eigenvalue weighted by atomic mass is 10.3. The molecule has 9 heteroatoms. The molecule has 2 aromatic rings. The van der Waals surface area contributed by atoms with Gasteiger partial charge in [-0.25, -0.2) is 12.8 Å². The van der Waals surface area contributed by atoms with Crippen molar-refractivity contribution in [1.29, 1.82) is 0 Å². The SMILES string of the molecule is O=[N+]([O-])c1cc(F)ccc1NS(=O)(=O)c1ccc(Br)cc1. The zero-order valence-corrected chi connectivity index (χ0v) is 12.7. The molecule has 110 valence electrons. The average molecular weight is 375 g/mol. The van der Waals surface area contributed by atoms with Crippen LogP contribution in [0.4, 0.5) is 15.8 Å². The van der Waals surface area contributed by atoms with Crippen molar-refractivity contribution in [2.24, 2.45) is 0 Å². The van der Waals surface area contributed by atoms with Crippen LogP contribution in [0.15, 0.2) is 51.8 Å². The summed E-state index contributed by atoms with van der Waals surface area (Å²) < 4.78 is 40.0. The van der Waals surface area contributed by atoms with Crippen molar-refractivity contribution in [3.05, 3.63) is 62.9 Å². The molecule has 0 bridgehead atoms. The molecule has 1 N–H and O–H groups in total. The van der Waals surface area contributed by atoms with E-state index in [-0.39, 0.29) is 10.6 Å². The summed E-state index contributed by atoms with van der Waals surface area (Å²) in [4.78, 5) is 9.91. The molecule has 0 radical (unpaired) electrons. The molecule has 0 atom stereocenters. The van der Waals surface area contributed by atoms with E-state index >= 15 is 0 Å². The highest BCUT2D eigenvalue weighted by Gasteiger charge is 2.21. The normalized spacial score (nSPS) is 11.1. The van der Waals surface area contributed by atoms with Gasteiger partial charge in [0.1, 0.15) is 11.5 Å². The number of benzene rings is 2. The minimum Gasteiger partial charge on any atom is -0.273 e. The summed E-state index contributed by atoms with van der Waals surface area (Å²) in [5.74, 6) is -0.826. The molecule has 0 aliphatic heterocycles. The number of hydrogen-bond acceptors (Lipinski definition) is 4. The molecule has 0 spiro atoms. The van der Waals surface area contributed by atoms with Crippen LogP contribution in [-0.4, -0.2) is 13.3 Å². The third-order valence-corrected chi connectivity index (χ3v) is 4.43. The van der Waals surface area contributed by atoms with Gasteiger partial charge in [0.25, 0.3) is 15.7 Å². The molecule has 0 heterocycles. The highest BCUT2D eigenvalue weighted by molar-refractivity contribution is 9.10. The molecule has 6 nitrogen and oxygen atoms in total. The van der Waals surface area contributed by atoms with Crippen LogP contribution >= 0.6 is 15.9 Å². The van der Waals surface area contributed by atoms with Crippen LogP contribution in [0.3, 0.4) is 0 Å². The molecule has 0 fully saturated rings. The van der Waals surface area contributed by atoms with Crippen LogP contribution in [0.5, 0.6) is 0 Å². The molecule has 0 amide bonds. The number of rotatable bonds is 4. The predicted molar refractivity (Wildman–Crippen MR) is 78.0 cm³/mol. The highest BCUT2D eigenvalue weighted by Crippen LogP contribution is 2.27. The molecule has 0 saturated heterocycles. The van der Waals surface area contributed by atoms with E-state index in [2.05, 4.69) is 20.7 Å². The number of hydrogen-bond donors (Lipinski definition) is 1. The van der Waals surface area contributed by atoms with Gasteiger partial charge in [0, 0.05) is 4.47 Å². The Balaban J connectivity index is 2.41. The average Bonchev–Trinajstić information content (AvgIpc) is 2.41. The van der Waals surface area contributed by atoms with Gasteiger partial charge in [-0.05, 0) is 36.4 Å². The maximum Gasteiger partial charge on any atom is 0.296 e. The second kappa shape index (κ2) is 5.78. The van der Waals surface area contributed by atoms with E-state index in [0.717, 1.165) is 12.1 Å². The van der Waals surface area contributed by atoms with Crippen molar-refractivity contribution in [3.63, 3.8) is 0 Å². The fourth-order valence-electron chi connectivity index (χ4n) is 1.56. The number of sulfonamides is 1. The zero-order chi connectivity index (χ0) is 15.6. The summed E-state index contributed by atoms with van der Waals surface area (Å²) in [5, 5.41) is 10.8. The van der Waals surface area contributed by atoms with Gasteiger partial charge >= 0.3 is 0 Å². The topological polar surface area (TPSA) is 89.3 Å². The van der Waals surface area contributed by atoms with Crippen LogP contribution < -0.4 is 4.72 Å². The van der Waals surface area contributed by atoms with E-state index in [4.69, 9.17) is 0 Å². The third kappa shape index (κ3) is 3.56. The van der Waals surface area contributed by atoms with Gasteiger partial charge < -0.3 is 0 Å².